The monoisotopic (exact) mass is 549 g/mol. The number of benzene rings is 3. The molecule has 3 aromatic carbocycles. The van der Waals surface area contributed by atoms with Gasteiger partial charge in [0.15, 0.2) is 5.13 Å². The summed E-state index contributed by atoms with van der Waals surface area (Å²) >= 11 is 1.41. The van der Waals surface area contributed by atoms with Crippen LogP contribution in [0, 0.1) is 0 Å². The van der Waals surface area contributed by atoms with E-state index in [1.54, 1.807) is 24.1 Å². The molecule has 0 N–H and O–H groups in total. The Morgan fingerprint density at radius 1 is 1.16 bits per heavy atom. The summed E-state index contributed by atoms with van der Waals surface area (Å²) < 4.78 is 40.3. The molecule has 1 saturated heterocycles. The molecule has 6 rings (SSSR count). The molecule has 1 amide bonds. The van der Waals surface area contributed by atoms with Crippen molar-refractivity contribution in [3.05, 3.63) is 77.9 Å². The number of fused-ring (bicyclic) bond motifs is 2. The van der Waals surface area contributed by atoms with Crippen molar-refractivity contribution in [1.29, 1.82) is 0 Å². The number of hydrogen-bond acceptors (Lipinski definition) is 7. The fraction of sp³-hybridized carbons (Fsp3) is 0.286. The van der Waals surface area contributed by atoms with Crippen LogP contribution in [0.5, 0.6) is 5.75 Å². The molecule has 1 atom stereocenters. The number of hydrogen-bond donors (Lipinski definition) is 0. The maximum atomic E-state index is 13.8. The van der Waals surface area contributed by atoms with E-state index in [-0.39, 0.29) is 16.9 Å². The van der Waals surface area contributed by atoms with E-state index in [9.17, 15) is 13.2 Å². The molecule has 38 heavy (non-hydrogen) atoms. The molecule has 0 saturated carbocycles. The van der Waals surface area contributed by atoms with Crippen molar-refractivity contribution >= 4 is 48.3 Å². The Bertz CT molecular complexity index is 1590. The summed E-state index contributed by atoms with van der Waals surface area (Å²) in [6, 6.07) is 19.3. The molecule has 4 aromatic rings. The predicted molar refractivity (Wildman–Crippen MR) is 148 cm³/mol. The molecule has 1 aromatic heterocycles. The van der Waals surface area contributed by atoms with E-state index >= 15 is 0 Å². The molecular formula is C28H27N3O5S2. The van der Waals surface area contributed by atoms with Crippen LogP contribution in [0.2, 0.25) is 0 Å². The van der Waals surface area contributed by atoms with Gasteiger partial charge in [-0.25, -0.2) is 13.4 Å². The number of carbonyl (C=O) groups is 1. The fourth-order valence-electron chi connectivity index (χ4n) is 4.99. The van der Waals surface area contributed by atoms with Gasteiger partial charge in [0.1, 0.15) is 5.75 Å². The number of carbonyl (C=O) groups excluding carboxylic acids is 1. The summed E-state index contributed by atoms with van der Waals surface area (Å²) in [5, 5.41) is 0.569. The van der Waals surface area contributed by atoms with Gasteiger partial charge in [-0.1, -0.05) is 29.5 Å². The number of anilines is 2. The van der Waals surface area contributed by atoms with Crippen molar-refractivity contribution in [1.82, 2.24) is 4.98 Å². The lowest BCUT2D eigenvalue weighted by molar-refractivity contribution is 0.0917. The number of thiazole rings is 1. The predicted octanol–water partition coefficient (Wildman–Crippen LogP) is 4.88. The largest absolute Gasteiger partial charge is 0.497 e. The number of nitrogens with zero attached hydrogens (tertiary/aromatic N) is 3. The molecule has 8 nitrogen and oxygen atoms in total. The molecule has 1 unspecified atom stereocenters. The van der Waals surface area contributed by atoms with Crippen molar-refractivity contribution in [2.75, 3.05) is 36.0 Å². The maximum absolute atomic E-state index is 13.8. The minimum atomic E-state index is -3.74. The van der Waals surface area contributed by atoms with Crippen LogP contribution in [0.4, 0.5) is 10.8 Å². The molecule has 10 heteroatoms. The van der Waals surface area contributed by atoms with Gasteiger partial charge in [0.05, 0.1) is 40.6 Å². The summed E-state index contributed by atoms with van der Waals surface area (Å²) in [7, 11) is -2.13. The van der Waals surface area contributed by atoms with Crippen LogP contribution in [0.1, 0.15) is 28.8 Å². The minimum absolute atomic E-state index is 0.0737. The topological polar surface area (TPSA) is 89.0 Å². The standard InChI is InChI=1S/C28H27N3O5S2/c1-35-21-10-13-24-26(17-21)37-28(29-24)30(18-22-6-4-16-36-22)27(32)20-8-11-23(12-9-20)38(33,34)31-15-14-19-5-2-3-7-25(19)31/h2-3,5,7-13,17,22H,4,6,14-16,18H2,1H3. The Hall–Kier alpha value is -3.47. The van der Waals surface area contributed by atoms with Crippen LogP contribution in [-0.4, -0.2) is 52.2 Å². The molecule has 1 fully saturated rings. The second kappa shape index (κ2) is 10.0. The fourth-order valence-corrected chi connectivity index (χ4v) is 7.49. The zero-order valence-corrected chi connectivity index (χ0v) is 22.5. The van der Waals surface area contributed by atoms with Gasteiger partial charge in [0.25, 0.3) is 15.9 Å². The average molecular weight is 550 g/mol. The number of aromatic nitrogens is 1. The third-order valence-corrected chi connectivity index (χ3v) is 9.87. The highest BCUT2D eigenvalue weighted by atomic mass is 32.2. The first-order valence-electron chi connectivity index (χ1n) is 12.5. The van der Waals surface area contributed by atoms with Crippen LogP contribution in [-0.2, 0) is 21.2 Å². The molecular weight excluding hydrogens is 522 g/mol. The molecule has 2 aliphatic rings. The summed E-state index contributed by atoms with van der Waals surface area (Å²) in [5.41, 5.74) is 2.90. The first kappa shape index (κ1) is 24.8. The first-order valence-corrected chi connectivity index (χ1v) is 14.8. The SMILES string of the molecule is COc1ccc2nc(N(CC3CCCO3)C(=O)c3ccc(S(=O)(=O)N4CCc5ccccc54)cc3)sc2c1. The van der Waals surface area contributed by atoms with Gasteiger partial charge >= 0.3 is 0 Å². The van der Waals surface area contributed by atoms with Gasteiger partial charge in [0, 0.05) is 18.7 Å². The lowest BCUT2D eigenvalue weighted by Crippen LogP contribution is -2.37. The minimum Gasteiger partial charge on any atom is -0.497 e. The number of methoxy groups -OCH3 is 1. The van der Waals surface area contributed by atoms with Gasteiger partial charge in [-0.3, -0.25) is 14.0 Å². The maximum Gasteiger partial charge on any atom is 0.264 e. The Balaban J connectivity index is 1.30. The zero-order chi connectivity index (χ0) is 26.3. The molecule has 2 aliphatic heterocycles. The summed E-state index contributed by atoms with van der Waals surface area (Å²) in [6.07, 6.45) is 2.43. The normalized spacial score (nSPS) is 17.1. The van der Waals surface area contributed by atoms with E-state index in [4.69, 9.17) is 14.5 Å². The van der Waals surface area contributed by atoms with E-state index in [0.29, 0.717) is 42.5 Å². The third kappa shape index (κ3) is 4.53. The van der Waals surface area contributed by atoms with Gasteiger partial charge in [-0.15, -0.1) is 0 Å². The second-order valence-corrected chi connectivity index (χ2v) is 12.2. The van der Waals surface area contributed by atoms with Crippen LogP contribution < -0.4 is 13.9 Å². The van der Waals surface area contributed by atoms with Crippen molar-refractivity contribution < 1.29 is 22.7 Å². The van der Waals surface area contributed by atoms with Crippen molar-refractivity contribution in [3.63, 3.8) is 0 Å². The summed E-state index contributed by atoms with van der Waals surface area (Å²) in [4.78, 5) is 20.3. The Morgan fingerprint density at radius 3 is 2.74 bits per heavy atom. The van der Waals surface area contributed by atoms with Crippen LogP contribution in [0.15, 0.2) is 71.6 Å². The highest BCUT2D eigenvalue weighted by Gasteiger charge is 2.31. The molecule has 0 bridgehead atoms. The number of rotatable bonds is 7. The van der Waals surface area contributed by atoms with Crippen molar-refractivity contribution in [2.24, 2.45) is 0 Å². The van der Waals surface area contributed by atoms with Crippen molar-refractivity contribution in [3.8, 4) is 5.75 Å². The summed E-state index contributed by atoms with van der Waals surface area (Å²) in [5.74, 6) is 0.476. The van der Waals surface area contributed by atoms with E-state index in [1.807, 2.05) is 42.5 Å². The van der Waals surface area contributed by atoms with Gasteiger partial charge < -0.3 is 9.47 Å². The van der Waals surface area contributed by atoms with E-state index in [2.05, 4.69) is 0 Å². The van der Waals surface area contributed by atoms with Crippen LogP contribution in [0.3, 0.4) is 0 Å². The molecule has 3 heterocycles. The third-order valence-electron chi connectivity index (χ3n) is 7.00. The van der Waals surface area contributed by atoms with E-state index < -0.39 is 10.0 Å². The summed E-state index contributed by atoms with van der Waals surface area (Å²) in [6.45, 7) is 1.45. The number of ether oxygens (including phenoxy) is 2. The highest BCUT2D eigenvalue weighted by Crippen LogP contribution is 2.34. The van der Waals surface area contributed by atoms with Gasteiger partial charge in [0.2, 0.25) is 0 Å². The lowest BCUT2D eigenvalue weighted by Gasteiger charge is -2.23. The van der Waals surface area contributed by atoms with Gasteiger partial charge in [-0.2, -0.15) is 0 Å². The second-order valence-electron chi connectivity index (χ2n) is 9.36. The molecule has 196 valence electrons. The Morgan fingerprint density at radius 2 is 1.97 bits per heavy atom. The molecule has 0 spiro atoms. The van der Waals surface area contributed by atoms with E-state index in [0.717, 1.165) is 34.4 Å². The smallest absolute Gasteiger partial charge is 0.264 e. The van der Waals surface area contributed by atoms with Crippen LogP contribution in [0.25, 0.3) is 10.2 Å². The molecule has 0 radical (unpaired) electrons. The van der Waals surface area contributed by atoms with Crippen LogP contribution >= 0.6 is 11.3 Å². The molecule has 0 aliphatic carbocycles. The van der Waals surface area contributed by atoms with Gasteiger partial charge in [-0.05, 0) is 73.4 Å². The zero-order valence-electron chi connectivity index (χ0n) is 20.9. The highest BCUT2D eigenvalue weighted by molar-refractivity contribution is 7.92. The number of sulfonamides is 1. The Labute approximate surface area is 225 Å². The quantitative estimate of drug-likeness (QED) is 0.326. The number of para-hydroxylation sites is 1. The van der Waals surface area contributed by atoms with E-state index in [1.165, 1.54) is 27.8 Å². The first-order chi connectivity index (χ1) is 18.4. The Kier molecular flexibility index (Phi) is 6.55. The number of amides is 1. The lowest BCUT2D eigenvalue weighted by atomic mass is 10.2. The average Bonchev–Trinajstić information content (AvgIpc) is 3.70. The van der Waals surface area contributed by atoms with Crippen molar-refractivity contribution in [2.45, 2.75) is 30.3 Å².